The molecule has 0 N–H and O–H groups in total. The molecule has 1 amide bonds. The molecule has 4 rings (SSSR count). The van der Waals surface area contributed by atoms with E-state index in [0.29, 0.717) is 16.9 Å². The van der Waals surface area contributed by atoms with Crippen LogP contribution in [0.1, 0.15) is 11.1 Å². The number of non-ortho nitro benzene ring substituents is 1. The van der Waals surface area contributed by atoms with Crippen molar-refractivity contribution in [3.63, 3.8) is 0 Å². The molecule has 0 unspecified atom stereocenters. The number of hydrogen-bond donors (Lipinski definition) is 0. The van der Waals surface area contributed by atoms with Crippen LogP contribution in [0, 0.1) is 10.1 Å². The minimum Gasteiger partial charge on any atom is -0.489 e. The molecular formula is C24H16F3N3O4. The highest BCUT2D eigenvalue weighted by molar-refractivity contribution is 6.34. The third-order valence-electron chi connectivity index (χ3n) is 4.87. The maximum atomic E-state index is 13.6. The fourth-order valence-electron chi connectivity index (χ4n) is 3.24. The number of rotatable bonds is 6. The number of benzene rings is 3. The second-order valence-corrected chi connectivity index (χ2v) is 7.24. The summed E-state index contributed by atoms with van der Waals surface area (Å²) in [5.74, 6) is -0.542. The normalized spacial score (nSPS) is 14.9. The molecule has 0 aliphatic carbocycles. The van der Waals surface area contributed by atoms with Crippen LogP contribution in [-0.4, -0.2) is 22.7 Å². The zero-order valence-corrected chi connectivity index (χ0v) is 17.4. The van der Waals surface area contributed by atoms with E-state index in [-0.39, 0.29) is 18.0 Å². The smallest absolute Gasteiger partial charge is 0.435 e. The number of hydrazone groups is 1. The van der Waals surface area contributed by atoms with Gasteiger partial charge in [-0.05, 0) is 53.6 Å². The minimum absolute atomic E-state index is 0.0507. The van der Waals surface area contributed by atoms with Crippen LogP contribution in [0.5, 0.6) is 5.75 Å². The molecule has 1 aliphatic rings. The number of carbonyl (C=O) groups excluding carboxylic acids is 1. The van der Waals surface area contributed by atoms with E-state index in [1.165, 1.54) is 36.4 Å². The minimum atomic E-state index is -4.82. The number of carbonyl (C=O) groups is 1. The number of nitrogens with zero attached hydrogens (tertiary/aromatic N) is 3. The van der Waals surface area contributed by atoms with Gasteiger partial charge in [0.15, 0.2) is 5.71 Å². The summed E-state index contributed by atoms with van der Waals surface area (Å²) in [5, 5.41) is 15.0. The first-order valence-corrected chi connectivity index (χ1v) is 9.96. The molecule has 10 heteroatoms. The number of nitro groups is 1. The molecule has 0 radical (unpaired) electrons. The molecule has 0 saturated heterocycles. The van der Waals surface area contributed by atoms with E-state index in [0.717, 1.165) is 11.1 Å². The number of ether oxygens (including phenoxy) is 1. The summed E-state index contributed by atoms with van der Waals surface area (Å²) in [4.78, 5) is 23.0. The van der Waals surface area contributed by atoms with E-state index in [9.17, 15) is 28.1 Å². The van der Waals surface area contributed by atoms with Crippen LogP contribution in [0.25, 0.3) is 6.08 Å². The van der Waals surface area contributed by atoms with Crippen molar-refractivity contribution in [2.45, 2.75) is 12.8 Å². The molecule has 172 valence electrons. The standard InChI is InChI=1S/C24H16F3N3O4/c25-24(26,27)22-21(23(31)29(28-22)18-6-2-1-3-7-18)14-17-5-4-8-20(13-17)34-15-16-9-11-19(12-10-16)30(32)33/h1-14H,15H2/b21-14-. The van der Waals surface area contributed by atoms with Crippen molar-refractivity contribution in [3.8, 4) is 5.75 Å². The molecule has 0 spiro atoms. The molecule has 1 heterocycles. The van der Waals surface area contributed by atoms with E-state index < -0.39 is 28.3 Å². The Kier molecular flexibility index (Phi) is 6.13. The maximum Gasteiger partial charge on any atom is 0.435 e. The monoisotopic (exact) mass is 467 g/mol. The van der Waals surface area contributed by atoms with Crippen molar-refractivity contribution in [1.29, 1.82) is 0 Å². The molecule has 3 aromatic carbocycles. The van der Waals surface area contributed by atoms with Crippen molar-refractivity contribution in [1.82, 2.24) is 0 Å². The molecule has 0 aromatic heterocycles. The molecule has 7 nitrogen and oxygen atoms in total. The zero-order valence-electron chi connectivity index (χ0n) is 17.4. The highest BCUT2D eigenvalue weighted by Crippen LogP contribution is 2.33. The lowest BCUT2D eigenvalue weighted by Crippen LogP contribution is -2.25. The van der Waals surface area contributed by atoms with Crippen molar-refractivity contribution in [2.24, 2.45) is 5.10 Å². The van der Waals surface area contributed by atoms with Crippen molar-refractivity contribution < 1.29 is 27.6 Å². The van der Waals surface area contributed by atoms with Crippen LogP contribution in [0.3, 0.4) is 0 Å². The van der Waals surface area contributed by atoms with Crippen LogP contribution in [0.2, 0.25) is 0 Å². The molecule has 34 heavy (non-hydrogen) atoms. The largest absolute Gasteiger partial charge is 0.489 e. The zero-order chi connectivity index (χ0) is 24.3. The topological polar surface area (TPSA) is 85.0 Å². The average Bonchev–Trinajstić information content (AvgIpc) is 3.15. The van der Waals surface area contributed by atoms with Crippen molar-refractivity contribution in [2.75, 3.05) is 5.01 Å². The van der Waals surface area contributed by atoms with Gasteiger partial charge in [0.2, 0.25) is 0 Å². The quantitative estimate of drug-likeness (QED) is 0.271. The number of halogens is 3. The van der Waals surface area contributed by atoms with E-state index in [1.807, 2.05) is 0 Å². The SMILES string of the molecule is O=C1/C(=C\c2cccc(OCc3ccc([N+](=O)[O-])cc3)c2)C(C(F)(F)F)=NN1c1ccccc1. The van der Waals surface area contributed by atoms with Gasteiger partial charge in [0, 0.05) is 12.1 Å². The molecule has 0 atom stereocenters. The van der Waals surface area contributed by atoms with E-state index in [2.05, 4.69) is 5.10 Å². The predicted molar refractivity (Wildman–Crippen MR) is 119 cm³/mol. The van der Waals surface area contributed by atoms with Crippen LogP contribution in [0.15, 0.2) is 89.5 Å². The lowest BCUT2D eigenvalue weighted by molar-refractivity contribution is -0.384. The Morgan fingerprint density at radius 2 is 1.71 bits per heavy atom. The highest BCUT2D eigenvalue weighted by atomic mass is 19.4. The summed E-state index contributed by atoms with van der Waals surface area (Å²) in [6.07, 6.45) is -3.70. The lowest BCUT2D eigenvalue weighted by atomic mass is 10.1. The summed E-state index contributed by atoms with van der Waals surface area (Å²) in [5.41, 5.74) is -0.702. The summed E-state index contributed by atoms with van der Waals surface area (Å²) in [7, 11) is 0. The van der Waals surface area contributed by atoms with Gasteiger partial charge < -0.3 is 4.74 Å². The maximum absolute atomic E-state index is 13.6. The predicted octanol–water partition coefficient (Wildman–Crippen LogP) is 5.52. The van der Waals surface area contributed by atoms with E-state index in [1.54, 1.807) is 42.5 Å². The Labute approximate surface area is 191 Å². The van der Waals surface area contributed by atoms with Crippen LogP contribution in [-0.2, 0) is 11.4 Å². The summed E-state index contributed by atoms with van der Waals surface area (Å²) in [6.45, 7) is 0.0913. The number of hydrogen-bond acceptors (Lipinski definition) is 5. The first-order valence-electron chi connectivity index (χ1n) is 9.96. The second-order valence-electron chi connectivity index (χ2n) is 7.24. The Bertz CT molecular complexity index is 1290. The first kappa shape index (κ1) is 22.7. The molecule has 3 aromatic rings. The first-order chi connectivity index (χ1) is 16.2. The highest BCUT2D eigenvalue weighted by Gasteiger charge is 2.46. The van der Waals surface area contributed by atoms with E-state index in [4.69, 9.17) is 4.74 Å². The third-order valence-corrected chi connectivity index (χ3v) is 4.87. The Balaban J connectivity index is 1.57. The van der Waals surface area contributed by atoms with Crippen LogP contribution >= 0.6 is 0 Å². The lowest BCUT2D eigenvalue weighted by Gasteiger charge is -2.11. The number of nitro benzene ring substituents is 1. The Morgan fingerprint density at radius 3 is 2.35 bits per heavy atom. The van der Waals surface area contributed by atoms with Gasteiger partial charge in [-0.3, -0.25) is 14.9 Å². The molecule has 0 bridgehead atoms. The molecule has 1 aliphatic heterocycles. The van der Waals surface area contributed by atoms with Gasteiger partial charge in [0.05, 0.1) is 16.2 Å². The van der Waals surface area contributed by atoms with E-state index >= 15 is 0 Å². The van der Waals surface area contributed by atoms with Gasteiger partial charge in [-0.2, -0.15) is 23.3 Å². The molecule has 0 fully saturated rings. The van der Waals surface area contributed by atoms with Crippen molar-refractivity contribution >= 4 is 29.1 Å². The number of anilines is 1. The van der Waals surface area contributed by atoms with Crippen LogP contribution < -0.4 is 9.75 Å². The third kappa shape index (κ3) is 4.96. The Hall–Kier alpha value is -4.47. The summed E-state index contributed by atoms with van der Waals surface area (Å²) >= 11 is 0. The van der Waals surface area contributed by atoms with Gasteiger partial charge in [-0.15, -0.1) is 0 Å². The molecular weight excluding hydrogens is 451 g/mol. The van der Waals surface area contributed by atoms with Gasteiger partial charge >= 0.3 is 6.18 Å². The molecule has 0 saturated carbocycles. The fraction of sp³-hybridized carbons (Fsp3) is 0.0833. The van der Waals surface area contributed by atoms with Gasteiger partial charge in [0.25, 0.3) is 11.6 Å². The van der Waals surface area contributed by atoms with Gasteiger partial charge in [-0.1, -0.05) is 30.3 Å². The van der Waals surface area contributed by atoms with Gasteiger partial charge in [0.1, 0.15) is 12.4 Å². The average molecular weight is 467 g/mol. The van der Waals surface area contributed by atoms with Gasteiger partial charge in [-0.25, -0.2) is 0 Å². The number of para-hydroxylation sites is 1. The number of alkyl halides is 3. The van der Waals surface area contributed by atoms with Crippen LogP contribution in [0.4, 0.5) is 24.5 Å². The summed E-state index contributed by atoms with van der Waals surface area (Å²) in [6, 6.07) is 19.9. The summed E-state index contributed by atoms with van der Waals surface area (Å²) < 4.78 is 46.5. The fourth-order valence-corrected chi connectivity index (χ4v) is 3.24. The number of amides is 1. The second kappa shape index (κ2) is 9.18. The van der Waals surface area contributed by atoms with Crippen molar-refractivity contribution in [3.05, 3.63) is 106 Å². The Morgan fingerprint density at radius 1 is 1.00 bits per heavy atom.